The number of hydrogen-bond acceptors (Lipinski definition) is 3. The van der Waals surface area contributed by atoms with Crippen LogP contribution in [0.4, 0.5) is 0 Å². The van der Waals surface area contributed by atoms with E-state index in [0.29, 0.717) is 6.42 Å². The zero-order valence-electron chi connectivity index (χ0n) is 11.9. The van der Waals surface area contributed by atoms with Crippen LogP contribution in [-0.4, -0.2) is 16.7 Å². The van der Waals surface area contributed by atoms with Gasteiger partial charge in [-0.05, 0) is 24.1 Å². The number of para-hydroxylation sites is 1. The van der Waals surface area contributed by atoms with Crippen LogP contribution in [0.5, 0.6) is 5.75 Å². The van der Waals surface area contributed by atoms with Crippen LogP contribution < -0.4 is 5.43 Å². The number of rotatable bonds is 5. The third-order valence-corrected chi connectivity index (χ3v) is 3.12. The molecule has 2 rings (SSSR count). The predicted molar refractivity (Wildman–Crippen MR) is 83.4 cm³/mol. The first-order valence-electron chi connectivity index (χ1n) is 6.88. The molecule has 0 saturated carbocycles. The molecular weight excluding hydrogens is 264 g/mol. The number of aromatic hydroxyl groups is 1. The molecule has 0 aliphatic heterocycles. The smallest absolute Gasteiger partial charge is 0.275 e. The third kappa shape index (κ3) is 4.18. The molecule has 0 aromatic heterocycles. The van der Waals surface area contributed by atoms with E-state index in [0.717, 1.165) is 17.7 Å². The SMILES string of the molecule is CCC(Cc1ccccc1)=NNC(=O)c1ccccc1O. The van der Waals surface area contributed by atoms with Gasteiger partial charge < -0.3 is 5.11 Å². The normalized spacial score (nSPS) is 11.2. The van der Waals surface area contributed by atoms with Gasteiger partial charge >= 0.3 is 0 Å². The lowest BCUT2D eigenvalue weighted by molar-refractivity contribution is 0.0952. The number of carbonyl (C=O) groups is 1. The summed E-state index contributed by atoms with van der Waals surface area (Å²) in [6, 6.07) is 16.4. The number of carbonyl (C=O) groups excluding carboxylic acids is 1. The maximum Gasteiger partial charge on any atom is 0.275 e. The number of amides is 1. The van der Waals surface area contributed by atoms with Crippen LogP contribution in [0.3, 0.4) is 0 Å². The molecule has 4 heteroatoms. The predicted octanol–water partition coefficient (Wildman–Crippen LogP) is 3.13. The minimum absolute atomic E-state index is 0.0497. The summed E-state index contributed by atoms with van der Waals surface area (Å²) in [4.78, 5) is 12.0. The van der Waals surface area contributed by atoms with Crippen LogP contribution >= 0.6 is 0 Å². The Hall–Kier alpha value is -2.62. The Labute approximate surface area is 124 Å². The summed E-state index contributed by atoms with van der Waals surface area (Å²) in [6.45, 7) is 1.99. The van der Waals surface area contributed by atoms with Crippen LogP contribution in [0, 0.1) is 0 Å². The highest BCUT2D eigenvalue weighted by Gasteiger charge is 2.09. The van der Waals surface area contributed by atoms with E-state index in [1.807, 2.05) is 37.3 Å². The van der Waals surface area contributed by atoms with E-state index in [1.54, 1.807) is 18.2 Å². The van der Waals surface area contributed by atoms with E-state index >= 15 is 0 Å². The van der Waals surface area contributed by atoms with Crippen molar-refractivity contribution in [3.8, 4) is 5.75 Å². The number of hydrogen-bond donors (Lipinski definition) is 2. The molecule has 0 saturated heterocycles. The van der Waals surface area contributed by atoms with Gasteiger partial charge in [0.25, 0.3) is 5.91 Å². The zero-order valence-corrected chi connectivity index (χ0v) is 11.9. The quantitative estimate of drug-likeness (QED) is 0.653. The molecule has 2 aromatic carbocycles. The molecule has 0 aliphatic carbocycles. The highest BCUT2D eigenvalue weighted by atomic mass is 16.3. The maximum absolute atomic E-state index is 12.0. The molecule has 21 heavy (non-hydrogen) atoms. The Bertz CT molecular complexity index is 636. The number of nitrogens with zero attached hydrogens (tertiary/aromatic N) is 1. The molecule has 0 bridgehead atoms. The van der Waals surface area contributed by atoms with Crippen LogP contribution in [-0.2, 0) is 6.42 Å². The van der Waals surface area contributed by atoms with Gasteiger partial charge in [0.05, 0.1) is 5.56 Å². The number of benzene rings is 2. The van der Waals surface area contributed by atoms with Crippen molar-refractivity contribution in [1.82, 2.24) is 5.43 Å². The van der Waals surface area contributed by atoms with Crippen LogP contribution in [0.25, 0.3) is 0 Å². The van der Waals surface area contributed by atoms with E-state index in [1.165, 1.54) is 6.07 Å². The summed E-state index contributed by atoms with van der Waals surface area (Å²) >= 11 is 0. The standard InChI is InChI=1S/C17H18N2O2/c1-2-14(12-13-8-4-3-5-9-13)18-19-17(21)15-10-6-7-11-16(15)20/h3-11,20H,2,12H2,1H3,(H,19,21). The van der Waals surface area contributed by atoms with E-state index in [2.05, 4.69) is 10.5 Å². The van der Waals surface area contributed by atoms with Gasteiger partial charge in [-0.2, -0.15) is 5.10 Å². The van der Waals surface area contributed by atoms with Crippen molar-refractivity contribution in [2.75, 3.05) is 0 Å². The van der Waals surface area contributed by atoms with Crippen LogP contribution in [0.15, 0.2) is 59.7 Å². The number of phenolic OH excluding ortho intramolecular Hbond substituents is 1. The van der Waals surface area contributed by atoms with Crippen molar-refractivity contribution in [3.63, 3.8) is 0 Å². The summed E-state index contributed by atoms with van der Waals surface area (Å²) in [5.74, 6) is -0.460. The second-order valence-electron chi connectivity index (χ2n) is 4.65. The molecule has 4 nitrogen and oxygen atoms in total. The Balaban J connectivity index is 2.04. The van der Waals surface area contributed by atoms with Crippen LogP contribution in [0.1, 0.15) is 29.3 Å². The third-order valence-electron chi connectivity index (χ3n) is 3.12. The molecule has 2 N–H and O–H groups in total. The minimum atomic E-state index is -0.410. The van der Waals surface area contributed by atoms with Crippen molar-refractivity contribution >= 4 is 11.6 Å². The summed E-state index contributed by atoms with van der Waals surface area (Å²) in [5, 5.41) is 13.8. The fraction of sp³-hybridized carbons (Fsp3) is 0.176. The van der Waals surface area contributed by atoms with Crippen molar-refractivity contribution in [3.05, 3.63) is 65.7 Å². The first-order valence-corrected chi connectivity index (χ1v) is 6.88. The molecule has 0 heterocycles. The molecule has 0 unspecified atom stereocenters. The zero-order chi connectivity index (χ0) is 15.1. The lowest BCUT2D eigenvalue weighted by atomic mass is 10.1. The van der Waals surface area contributed by atoms with Gasteiger partial charge in [0.1, 0.15) is 5.75 Å². The van der Waals surface area contributed by atoms with Crippen molar-refractivity contribution in [2.45, 2.75) is 19.8 Å². The lowest BCUT2D eigenvalue weighted by Crippen LogP contribution is -2.20. The largest absolute Gasteiger partial charge is 0.507 e. The van der Waals surface area contributed by atoms with Crippen molar-refractivity contribution in [2.24, 2.45) is 5.10 Å². The van der Waals surface area contributed by atoms with Gasteiger partial charge in [0, 0.05) is 12.1 Å². The van der Waals surface area contributed by atoms with E-state index < -0.39 is 5.91 Å². The van der Waals surface area contributed by atoms with Gasteiger partial charge in [-0.15, -0.1) is 0 Å². The Morgan fingerprint density at radius 1 is 1.10 bits per heavy atom. The maximum atomic E-state index is 12.0. The monoisotopic (exact) mass is 282 g/mol. The van der Waals surface area contributed by atoms with Crippen molar-refractivity contribution in [1.29, 1.82) is 0 Å². The first kappa shape index (κ1) is 14.8. The number of nitrogens with one attached hydrogen (secondary N) is 1. The number of phenols is 1. The van der Waals surface area contributed by atoms with E-state index in [9.17, 15) is 9.90 Å². The van der Waals surface area contributed by atoms with Gasteiger partial charge in [-0.3, -0.25) is 4.79 Å². The van der Waals surface area contributed by atoms with Crippen molar-refractivity contribution < 1.29 is 9.90 Å². The molecular formula is C17H18N2O2. The fourth-order valence-electron chi connectivity index (χ4n) is 1.93. The second-order valence-corrected chi connectivity index (χ2v) is 4.65. The van der Waals surface area contributed by atoms with Crippen LogP contribution in [0.2, 0.25) is 0 Å². The molecule has 0 aliphatic rings. The molecule has 0 fully saturated rings. The van der Waals surface area contributed by atoms with Gasteiger partial charge in [-0.1, -0.05) is 49.4 Å². The van der Waals surface area contributed by atoms with Gasteiger partial charge in [-0.25, -0.2) is 5.43 Å². The average Bonchev–Trinajstić information content (AvgIpc) is 2.52. The second kappa shape index (κ2) is 7.24. The highest BCUT2D eigenvalue weighted by Crippen LogP contribution is 2.15. The Morgan fingerprint density at radius 3 is 2.43 bits per heavy atom. The molecule has 0 spiro atoms. The highest BCUT2D eigenvalue weighted by molar-refractivity contribution is 5.97. The molecule has 108 valence electrons. The average molecular weight is 282 g/mol. The van der Waals surface area contributed by atoms with Gasteiger partial charge in [0.2, 0.25) is 0 Å². The Kier molecular flexibility index (Phi) is 5.10. The summed E-state index contributed by atoms with van der Waals surface area (Å²) in [5.41, 5.74) is 4.75. The van der Waals surface area contributed by atoms with Gasteiger partial charge in [0.15, 0.2) is 0 Å². The van der Waals surface area contributed by atoms with E-state index in [-0.39, 0.29) is 11.3 Å². The molecule has 0 radical (unpaired) electrons. The Morgan fingerprint density at radius 2 is 1.76 bits per heavy atom. The van der Waals surface area contributed by atoms with E-state index in [4.69, 9.17) is 0 Å². The summed E-state index contributed by atoms with van der Waals surface area (Å²) in [7, 11) is 0. The molecule has 0 atom stereocenters. The minimum Gasteiger partial charge on any atom is -0.507 e. The molecule has 2 aromatic rings. The molecule has 1 amide bonds. The summed E-state index contributed by atoms with van der Waals surface area (Å²) < 4.78 is 0. The first-order chi connectivity index (χ1) is 10.2. The number of hydrazone groups is 1. The lowest BCUT2D eigenvalue weighted by Gasteiger charge is -2.06. The topological polar surface area (TPSA) is 61.7 Å². The summed E-state index contributed by atoms with van der Waals surface area (Å²) in [6.07, 6.45) is 1.44. The fourth-order valence-corrected chi connectivity index (χ4v) is 1.93.